The van der Waals surface area contributed by atoms with Gasteiger partial charge in [0.2, 0.25) is 0 Å². The summed E-state index contributed by atoms with van der Waals surface area (Å²) in [6.45, 7) is 1.88. The number of aromatic nitrogens is 3. The number of fused-ring (bicyclic) bond motifs is 1. The molecule has 0 saturated heterocycles. The number of hydrogen-bond donors (Lipinski definition) is 0. The molecule has 2 aromatic heterocycles. The Morgan fingerprint density at radius 2 is 2.38 bits per heavy atom. The molecule has 0 bridgehead atoms. The zero-order valence-electron chi connectivity index (χ0n) is 8.54. The lowest BCUT2D eigenvalue weighted by Gasteiger charge is -2.03. The van der Waals surface area contributed by atoms with E-state index in [0.29, 0.717) is 10.8 Å². The molecule has 0 unspecified atom stereocenters. The molecule has 0 aliphatic heterocycles. The molecule has 5 nitrogen and oxygen atoms in total. The lowest BCUT2D eigenvalue weighted by atomic mass is 10.3. The maximum atomic E-state index is 11.6. The van der Waals surface area contributed by atoms with E-state index >= 15 is 0 Å². The Hall–Kier alpha value is -1.87. The number of hydrogen-bond acceptors (Lipinski definition) is 5. The van der Waals surface area contributed by atoms with Crippen molar-refractivity contribution in [1.82, 2.24) is 14.4 Å². The zero-order valence-corrected chi connectivity index (χ0v) is 9.36. The fourth-order valence-corrected chi connectivity index (χ4v) is 1.80. The van der Waals surface area contributed by atoms with Crippen molar-refractivity contribution in [2.45, 2.75) is 12.1 Å². The van der Waals surface area contributed by atoms with Gasteiger partial charge in [-0.05, 0) is 18.6 Å². The second-order valence-electron chi connectivity index (χ2n) is 3.12. The van der Waals surface area contributed by atoms with Gasteiger partial charge in [-0.2, -0.15) is 10.2 Å². The van der Waals surface area contributed by atoms with Crippen molar-refractivity contribution in [2.75, 3.05) is 5.75 Å². The van der Waals surface area contributed by atoms with E-state index in [1.807, 2.05) is 19.1 Å². The Morgan fingerprint density at radius 3 is 3.12 bits per heavy atom. The largest absolute Gasteiger partial charge is 0.355 e. The van der Waals surface area contributed by atoms with Crippen LogP contribution in [0.3, 0.4) is 0 Å². The van der Waals surface area contributed by atoms with E-state index in [1.165, 1.54) is 4.40 Å². The van der Waals surface area contributed by atoms with Crippen LogP contribution in [-0.2, 0) is 0 Å². The monoisotopic (exact) mass is 232 g/mol. The molecule has 0 aromatic carbocycles. The highest BCUT2D eigenvalue weighted by Crippen LogP contribution is 2.12. The van der Waals surface area contributed by atoms with Gasteiger partial charge >= 0.3 is 5.69 Å². The van der Waals surface area contributed by atoms with Crippen molar-refractivity contribution >= 4 is 17.4 Å². The van der Waals surface area contributed by atoms with Gasteiger partial charge in [0.1, 0.15) is 5.65 Å². The Kier molecular flexibility index (Phi) is 2.88. The highest BCUT2D eigenvalue weighted by molar-refractivity contribution is 7.99. The molecule has 0 aliphatic rings. The third-order valence-electron chi connectivity index (χ3n) is 2.03. The van der Waals surface area contributed by atoms with Crippen LogP contribution in [0, 0.1) is 18.3 Å². The van der Waals surface area contributed by atoms with Crippen LogP contribution in [0.2, 0.25) is 0 Å². The third-order valence-corrected chi connectivity index (χ3v) is 2.74. The molecule has 0 radical (unpaired) electrons. The molecule has 2 aromatic rings. The van der Waals surface area contributed by atoms with Gasteiger partial charge in [-0.25, -0.2) is 9.78 Å². The maximum Gasteiger partial charge on any atom is 0.355 e. The summed E-state index contributed by atoms with van der Waals surface area (Å²) in [6.07, 6.45) is 1.63. The average molecular weight is 232 g/mol. The van der Waals surface area contributed by atoms with Crippen molar-refractivity contribution in [3.8, 4) is 6.07 Å². The van der Waals surface area contributed by atoms with Gasteiger partial charge in [-0.1, -0.05) is 17.8 Å². The first-order valence-corrected chi connectivity index (χ1v) is 5.56. The van der Waals surface area contributed by atoms with Crippen molar-refractivity contribution in [1.29, 1.82) is 5.26 Å². The van der Waals surface area contributed by atoms with Gasteiger partial charge in [0.25, 0.3) is 0 Å². The van der Waals surface area contributed by atoms with E-state index in [2.05, 4.69) is 9.97 Å². The topological polar surface area (TPSA) is 71.1 Å². The SMILES string of the molecule is Cc1cccn2c(=O)nc(SCC#N)nc12. The quantitative estimate of drug-likeness (QED) is 0.723. The van der Waals surface area contributed by atoms with Crippen LogP contribution in [0.25, 0.3) is 5.65 Å². The lowest BCUT2D eigenvalue weighted by Crippen LogP contribution is -2.19. The third kappa shape index (κ3) is 1.90. The molecule has 0 aliphatic carbocycles. The first kappa shape index (κ1) is 10.6. The van der Waals surface area contributed by atoms with Gasteiger partial charge < -0.3 is 0 Å². The number of rotatable bonds is 2. The van der Waals surface area contributed by atoms with E-state index in [-0.39, 0.29) is 11.4 Å². The minimum Gasteiger partial charge on any atom is -0.251 e. The standard InChI is InChI=1S/C10H8N4OS/c1-7-3-2-5-14-8(7)12-9(13-10(14)15)16-6-4-11/h2-3,5H,6H2,1H3. The summed E-state index contributed by atoms with van der Waals surface area (Å²) in [5.74, 6) is 0.238. The predicted octanol–water partition coefficient (Wildman–Crippen LogP) is 1.01. The van der Waals surface area contributed by atoms with E-state index in [9.17, 15) is 4.79 Å². The van der Waals surface area contributed by atoms with E-state index < -0.39 is 0 Å². The fourth-order valence-electron chi connectivity index (χ4n) is 1.32. The van der Waals surface area contributed by atoms with Crippen molar-refractivity contribution < 1.29 is 0 Å². The molecule has 0 saturated carbocycles. The van der Waals surface area contributed by atoms with Crippen LogP contribution in [0.5, 0.6) is 0 Å². The Labute approximate surface area is 95.8 Å². The first-order chi connectivity index (χ1) is 7.72. The second-order valence-corrected chi connectivity index (χ2v) is 4.06. The number of nitrogens with zero attached hydrogens (tertiary/aromatic N) is 4. The maximum absolute atomic E-state index is 11.6. The predicted molar refractivity (Wildman–Crippen MR) is 60.3 cm³/mol. The lowest BCUT2D eigenvalue weighted by molar-refractivity contribution is 0.843. The first-order valence-electron chi connectivity index (χ1n) is 4.58. The van der Waals surface area contributed by atoms with Gasteiger partial charge in [-0.15, -0.1) is 0 Å². The molecule has 16 heavy (non-hydrogen) atoms. The Morgan fingerprint density at radius 1 is 1.56 bits per heavy atom. The molecule has 80 valence electrons. The summed E-state index contributed by atoms with van der Waals surface area (Å²) >= 11 is 1.16. The average Bonchev–Trinajstić information content (AvgIpc) is 2.28. The Bertz CT molecular complexity index is 629. The van der Waals surface area contributed by atoms with Crippen LogP contribution in [-0.4, -0.2) is 20.1 Å². The van der Waals surface area contributed by atoms with E-state index in [1.54, 1.807) is 12.3 Å². The van der Waals surface area contributed by atoms with E-state index in [4.69, 9.17) is 5.26 Å². The van der Waals surface area contributed by atoms with Crippen LogP contribution in [0.1, 0.15) is 5.56 Å². The van der Waals surface area contributed by atoms with Crippen molar-refractivity contribution in [3.63, 3.8) is 0 Å². The van der Waals surface area contributed by atoms with Crippen molar-refractivity contribution in [2.24, 2.45) is 0 Å². The molecule has 0 fully saturated rings. The molecule has 2 rings (SSSR count). The zero-order chi connectivity index (χ0) is 11.5. The smallest absolute Gasteiger partial charge is 0.251 e. The normalized spacial score (nSPS) is 10.2. The minimum absolute atomic E-state index is 0.238. The molecular formula is C10H8N4OS. The molecule has 0 amide bonds. The van der Waals surface area contributed by atoms with Gasteiger partial charge in [0, 0.05) is 6.20 Å². The number of nitriles is 1. The van der Waals surface area contributed by atoms with Crippen LogP contribution >= 0.6 is 11.8 Å². The Balaban J connectivity index is 2.62. The fraction of sp³-hybridized carbons (Fsp3) is 0.200. The van der Waals surface area contributed by atoms with Gasteiger partial charge in [0.15, 0.2) is 5.16 Å². The summed E-state index contributed by atoms with van der Waals surface area (Å²) in [5, 5.41) is 8.80. The van der Waals surface area contributed by atoms with Gasteiger partial charge in [0.05, 0.1) is 11.8 Å². The summed E-state index contributed by atoms with van der Waals surface area (Å²) in [7, 11) is 0. The number of thioether (sulfide) groups is 1. The number of pyridine rings is 1. The highest BCUT2D eigenvalue weighted by Gasteiger charge is 2.05. The summed E-state index contributed by atoms with van der Waals surface area (Å²) in [5.41, 5.74) is 1.12. The number of aryl methyl sites for hydroxylation is 1. The molecule has 0 atom stereocenters. The van der Waals surface area contributed by atoms with E-state index in [0.717, 1.165) is 17.3 Å². The summed E-state index contributed by atoms with van der Waals surface area (Å²) in [4.78, 5) is 19.7. The molecule has 2 heterocycles. The molecule has 0 spiro atoms. The minimum atomic E-state index is -0.367. The second kappa shape index (κ2) is 4.33. The summed E-state index contributed by atoms with van der Waals surface area (Å²) < 4.78 is 1.39. The highest BCUT2D eigenvalue weighted by atomic mass is 32.2. The molecule has 0 N–H and O–H groups in total. The summed E-state index contributed by atoms with van der Waals surface area (Å²) in [6, 6.07) is 5.62. The molecular weight excluding hydrogens is 224 g/mol. The van der Waals surface area contributed by atoms with Gasteiger partial charge in [-0.3, -0.25) is 4.40 Å². The van der Waals surface area contributed by atoms with Crippen LogP contribution in [0.4, 0.5) is 0 Å². The van der Waals surface area contributed by atoms with Crippen LogP contribution in [0.15, 0.2) is 28.3 Å². The van der Waals surface area contributed by atoms with Crippen molar-refractivity contribution in [3.05, 3.63) is 34.4 Å². The van der Waals surface area contributed by atoms with Crippen LogP contribution < -0.4 is 5.69 Å². The molecule has 6 heteroatoms.